The van der Waals surface area contributed by atoms with Gasteiger partial charge in [-0.15, -0.1) is 0 Å². The summed E-state index contributed by atoms with van der Waals surface area (Å²) in [5, 5.41) is 8.98. The maximum absolute atomic E-state index is 8.98. The molecular formula is C14H21BrN4O. The Morgan fingerprint density at radius 2 is 2.25 bits per heavy atom. The number of pyridine rings is 1. The van der Waals surface area contributed by atoms with Crippen molar-refractivity contribution in [3.63, 3.8) is 0 Å². The number of nitrogens with zero attached hydrogens (tertiary/aromatic N) is 4. The van der Waals surface area contributed by atoms with Gasteiger partial charge in [0.1, 0.15) is 5.82 Å². The molecule has 0 amide bonds. The lowest BCUT2D eigenvalue weighted by Crippen LogP contribution is -2.32. The lowest BCUT2D eigenvalue weighted by molar-refractivity contribution is 0.179. The Kier molecular flexibility index (Phi) is 5.12. The number of rotatable bonds is 6. The monoisotopic (exact) mass is 340 g/mol. The van der Waals surface area contributed by atoms with E-state index in [-0.39, 0.29) is 6.61 Å². The molecule has 6 heteroatoms. The van der Waals surface area contributed by atoms with E-state index in [1.807, 2.05) is 14.0 Å². The van der Waals surface area contributed by atoms with Crippen LogP contribution >= 0.6 is 15.9 Å². The molecule has 0 aliphatic rings. The minimum Gasteiger partial charge on any atom is -0.395 e. The maximum Gasteiger partial charge on any atom is 0.177 e. The highest BCUT2D eigenvalue weighted by Gasteiger charge is 2.12. The topological polar surface area (TPSA) is 54.2 Å². The van der Waals surface area contributed by atoms with Gasteiger partial charge in [-0.25, -0.2) is 9.97 Å². The van der Waals surface area contributed by atoms with Crippen molar-refractivity contribution in [2.75, 3.05) is 20.2 Å². The van der Waals surface area contributed by atoms with Crippen LogP contribution < -0.4 is 0 Å². The molecular weight excluding hydrogens is 320 g/mol. The third kappa shape index (κ3) is 3.37. The number of likely N-dealkylation sites (N-methyl/N-ethyl adjacent to an activating group) is 1. The summed E-state index contributed by atoms with van der Waals surface area (Å²) in [5.74, 6) is 0.989. The zero-order chi connectivity index (χ0) is 14.7. The Morgan fingerprint density at radius 3 is 2.95 bits per heavy atom. The minimum absolute atomic E-state index is 0.199. The van der Waals surface area contributed by atoms with Gasteiger partial charge < -0.3 is 14.6 Å². The Balaban J connectivity index is 2.13. The summed E-state index contributed by atoms with van der Waals surface area (Å²) in [5.41, 5.74) is 1.86. The fraction of sp³-hybridized carbons (Fsp3) is 0.571. The highest BCUT2D eigenvalue weighted by molar-refractivity contribution is 9.10. The molecule has 0 saturated heterocycles. The average Bonchev–Trinajstić information content (AvgIpc) is 2.71. The molecule has 2 aromatic rings. The second-order valence-corrected chi connectivity index (χ2v) is 6.06. The van der Waals surface area contributed by atoms with Crippen molar-refractivity contribution >= 4 is 27.1 Å². The van der Waals surface area contributed by atoms with E-state index in [9.17, 15) is 0 Å². The van der Waals surface area contributed by atoms with Crippen LogP contribution in [0, 0.1) is 6.92 Å². The first-order valence-electron chi connectivity index (χ1n) is 6.82. The van der Waals surface area contributed by atoms with Crippen molar-refractivity contribution in [1.29, 1.82) is 0 Å². The maximum atomic E-state index is 8.98. The molecule has 1 atom stereocenters. The first kappa shape index (κ1) is 15.4. The van der Waals surface area contributed by atoms with E-state index in [1.165, 1.54) is 0 Å². The predicted molar refractivity (Wildman–Crippen MR) is 83.8 cm³/mol. The van der Waals surface area contributed by atoms with Crippen molar-refractivity contribution in [2.45, 2.75) is 32.9 Å². The van der Waals surface area contributed by atoms with Gasteiger partial charge in [-0.1, -0.05) is 0 Å². The molecule has 0 saturated carbocycles. The smallest absolute Gasteiger partial charge is 0.177 e. The quantitative estimate of drug-likeness (QED) is 0.875. The normalized spacial score (nSPS) is 13.3. The summed E-state index contributed by atoms with van der Waals surface area (Å²) in [6.45, 7) is 6.00. The molecule has 1 unspecified atom stereocenters. The van der Waals surface area contributed by atoms with Crippen molar-refractivity contribution in [2.24, 2.45) is 0 Å². The van der Waals surface area contributed by atoms with E-state index < -0.39 is 0 Å². The molecule has 2 rings (SSSR count). The molecule has 0 spiro atoms. The average molecular weight is 341 g/mol. The molecule has 110 valence electrons. The molecule has 0 aliphatic heterocycles. The van der Waals surface area contributed by atoms with E-state index >= 15 is 0 Å². The molecule has 20 heavy (non-hydrogen) atoms. The number of fused-ring (bicyclic) bond motifs is 1. The van der Waals surface area contributed by atoms with Gasteiger partial charge in [0, 0.05) is 29.8 Å². The van der Waals surface area contributed by atoms with Gasteiger partial charge in [-0.05, 0) is 49.3 Å². The second kappa shape index (κ2) is 6.65. The van der Waals surface area contributed by atoms with E-state index in [0.29, 0.717) is 12.6 Å². The summed E-state index contributed by atoms with van der Waals surface area (Å²) in [7, 11) is 2.04. The Bertz CT molecular complexity index is 584. The van der Waals surface area contributed by atoms with Gasteiger partial charge in [0.25, 0.3) is 0 Å². The van der Waals surface area contributed by atoms with Crippen LogP contribution in [0.1, 0.15) is 19.2 Å². The number of imidazole rings is 1. The standard InChI is InChI=1S/C14H21BrN4O/c1-10(18(3)6-7-20)4-5-19-11(2)17-14-13(19)8-12(15)9-16-14/h8-10,20H,4-7H2,1-3H3. The lowest BCUT2D eigenvalue weighted by atomic mass is 10.2. The number of aliphatic hydroxyl groups excluding tert-OH is 1. The molecule has 0 bridgehead atoms. The number of hydrogen-bond donors (Lipinski definition) is 1. The van der Waals surface area contributed by atoms with Crippen molar-refractivity contribution in [3.05, 3.63) is 22.6 Å². The number of aryl methyl sites for hydroxylation is 2. The first-order chi connectivity index (χ1) is 9.52. The first-order valence-corrected chi connectivity index (χ1v) is 7.61. The fourth-order valence-corrected chi connectivity index (χ4v) is 2.61. The van der Waals surface area contributed by atoms with E-state index in [4.69, 9.17) is 5.11 Å². The highest BCUT2D eigenvalue weighted by atomic mass is 79.9. The van der Waals surface area contributed by atoms with Crippen LogP contribution in [0.25, 0.3) is 11.2 Å². The Hall–Kier alpha value is -0.980. The molecule has 2 aromatic heterocycles. The number of halogens is 1. The lowest BCUT2D eigenvalue weighted by Gasteiger charge is -2.24. The summed E-state index contributed by atoms with van der Waals surface area (Å²) in [4.78, 5) is 11.0. The molecule has 0 aromatic carbocycles. The van der Waals surface area contributed by atoms with Gasteiger partial charge in [-0.3, -0.25) is 0 Å². The van der Waals surface area contributed by atoms with Gasteiger partial charge in [0.2, 0.25) is 0 Å². The minimum atomic E-state index is 0.199. The van der Waals surface area contributed by atoms with Crippen LogP contribution in [0.2, 0.25) is 0 Å². The van der Waals surface area contributed by atoms with Crippen LogP contribution in [0.15, 0.2) is 16.7 Å². The Morgan fingerprint density at radius 1 is 1.50 bits per heavy atom. The third-order valence-corrected chi connectivity index (χ3v) is 4.17. The molecule has 5 nitrogen and oxygen atoms in total. The molecule has 0 aliphatic carbocycles. The van der Waals surface area contributed by atoms with Gasteiger partial charge in [0.15, 0.2) is 5.65 Å². The van der Waals surface area contributed by atoms with Gasteiger partial charge in [0.05, 0.1) is 12.1 Å². The van der Waals surface area contributed by atoms with Crippen LogP contribution in [0.4, 0.5) is 0 Å². The summed E-state index contributed by atoms with van der Waals surface area (Å²) >= 11 is 3.46. The van der Waals surface area contributed by atoms with Gasteiger partial charge in [-0.2, -0.15) is 0 Å². The molecule has 0 radical (unpaired) electrons. The zero-order valence-electron chi connectivity index (χ0n) is 12.2. The number of aliphatic hydroxyl groups is 1. The van der Waals surface area contributed by atoms with Crippen LogP contribution in [0.5, 0.6) is 0 Å². The Labute approximate surface area is 127 Å². The van der Waals surface area contributed by atoms with Crippen molar-refractivity contribution in [1.82, 2.24) is 19.4 Å². The molecule has 0 fully saturated rings. The number of aromatic nitrogens is 3. The summed E-state index contributed by atoms with van der Waals surface area (Å²) < 4.78 is 3.17. The van der Waals surface area contributed by atoms with Crippen LogP contribution in [-0.2, 0) is 6.54 Å². The third-order valence-electron chi connectivity index (χ3n) is 3.74. The second-order valence-electron chi connectivity index (χ2n) is 5.15. The van der Waals surface area contributed by atoms with E-state index in [1.54, 1.807) is 6.20 Å². The SMILES string of the molecule is Cc1nc2ncc(Br)cc2n1CCC(C)N(C)CCO. The van der Waals surface area contributed by atoms with Gasteiger partial charge >= 0.3 is 0 Å². The van der Waals surface area contributed by atoms with Crippen LogP contribution in [-0.4, -0.2) is 50.8 Å². The molecule has 1 N–H and O–H groups in total. The largest absolute Gasteiger partial charge is 0.395 e. The fourth-order valence-electron chi connectivity index (χ4n) is 2.29. The van der Waals surface area contributed by atoms with E-state index in [0.717, 1.165) is 34.4 Å². The predicted octanol–water partition coefficient (Wildman–Crippen LogP) is 2.20. The van der Waals surface area contributed by atoms with Crippen molar-refractivity contribution in [3.8, 4) is 0 Å². The van der Waals surface area contributed by atoms with Crippen molar-refractivity contribution < 1.29 is 5.11 Å². The number of hydrogen-bond acceptors (Lipinski definition) is 4. The molecule has 2 heterocycles. The zero-order valence-corrected chi connectivity index (χ0v) is 13.8. The van der Waals surface area contributed by atoms with Crippen LogP contribution in [0.3, 0.4) is 0 Å². The van der Waals surface area contributed by atoms with E-state index in [2.05, 4.69) is 48.4 Å². The summed E-state index contributed by atoms with van der Waals surface area (Å²) in [6, 6.07) is 2.48. The summed E-state index contributed by atoms with van der Waals surface area (Å²) in [6.07, 6.45) is 2.78. The highest BCUT2D eigenvalue weighted by Crippen LogP contribution is 2.19.